The van der Waals surface area contributed by atoms with Crippen LogP contribution in [0.25, 0.3) is 0 Å². The van der Waals surface area contributed by atoms with Crippen molar-refractivity contribution in [2.24, 2.45) is 0 Å². The van der Waals surface area contributed by atoms with Gasteiger partial charge in [0, 0.05) is 49.6 Å². The summed E-state index contributed by atoms with van der Waals surface area (Å²) in [5.74, 6) is 0. The van der Waals surface area contributed by atoms with Crippen molar-refractivity contribution < 1.29 is 41.3 Å². The van der Waals surface area contributed by atoms with Crippen LogP contribution in [0.5, 0.6) is 0 Å². The fourth-order valence-electron chi connectivity index (χ4n) is 0.516. The van der Waals surface area contributed by atoms with Gasteiger partial charge in [0.1, 0.15) is 0 Å². The maximum absolute atomic E-state index is 5.01. The van der Waals surface area contributed by atoms with Gasteiger partial charge in [-0.05, 0) is 0 Å². The molecule has 0 aliphatic carbocycles. The van der Waals surface area contributed by atoms with Gasteiger partial charge in [-0.3, -0.25) is 0 Å². The van der Waals surface area contributed by atoms with Gasteiger partial charge in [0.2, 0.25) is 0 Å². The summed E-state index contributed by atoms with van der Waals surface area (Å²) in [6.07, 6.45) is 0. The third-order valence-corrected chi connectivity index (χ3v) is 0.846. The molecule has 0 spiro atoms. The van der Waals surface area contributed by atoms with E-state index in [9.17, 15) is 0 Å². The Hall–Kier alpha value is 1.06. The standard InChI is InChI=1S/C4H9NO.Mn.Zn/c1-3-6-4-2-5-1;;/h5H,1-4H2;;. The predicted octanol–water partition coefficient (Wildman–Crippen LogP) is -0.399. The molecule has 1 fully saturated rings. The van der Waals surface area contributed by atoms with E-state index in [0.29, 0.717) is 0 Å². The number of morpholine rings is 1. The van der Waals surface area contributed by atoms with Crippen molar-refractivity contribution in [3.05, 3.63) is 0 Å². The molecule has 1 aliphatic rings. The molecule has 0 aromatic rings. The first-order valence-corrected chi connectivity index (χ1v) is 2.28. The first-order chi connectivity index (χ1) is 3.00. The Morgan fingerprint density at radius 1 is 1.12 bits per heavy atom. The van der Waals surface area contributed by atoms with Crippen LogP contribution in [0, 0.1) is 0 Å². The second kappa shape index (κ2) is 8.06. The Kier molecular flexibility index (Phi) is 11.9. The Morgan fingerprint density at radius 3 is 1.75 bits per heavy atom. The van der Waals surface area contributed by atoms with Gasteiger partial charge >= 0.3 is 0 Å². The van der Waals surface area contributed by atoms with E-state index in [1.165, 1.54) is 0 Å². The second-order valence-corrected chi connectivity index (χ2v) is 1.36. The van der Waals surface area contributed by atoms with Crippen LogP contribution in [0.1, 0.15) is 0 Å². The van der Waals surface area contributed by atoms with Gasteiger partial charge in [0.25, 0.3) is 0 Å². The van der Waals surface area contributed by atoms with E-state index < -0.39 is 0 Å². The molecular weight excluding hydrogens is 198 g/mol. The first kappa shape index (κ1) is 11.8. The van der Waals surface area contributed by atoms with Crippen molar-refractivity contribution >= 4 is 0 Å². The number of nitrogens with one attached hydrogen (secondary N) is 1. The van der Waals surface area contributed by atoms with Crippen LogP contribution in [0.2, 0.25) is 0 Å². The molecule has 1 rings (SSSR count). The van der Waals surface area contributed by atoms with Crippen molar-refractivity contribution in [1.82, 2.24) is 5.32 Å². The van der Waals surface area contributed by atoms with Crippen LogP contribution >= 0.6 is 0 Å². The van der Waals surface area contributed by atoms with E-state index in [0.717, 1.165) is 26.3 Å². The monoisotopic (exact) mass is 206 g/mol. The molecule has 4 heteroatoms. The number of hydrogen-bond acceptors (Lipinski definition) is 2. The molecule has 0 aromatic heterocycles. The molecule has 45 valence electrons. The molecule has 1 saturated heterocycles. The smallest absolute Gasteiger partial charge is 0.0591 e. The summed E-state index contributed by atoms with van der Waals surface area (Å²) in [4.78, 5) is 0. The van der Waals surface area contributed by atoms with E-state index in [4.69, 9.17) is 4.74 Å². The third kappa shape index (κ3) is 5.20. The molecule has 1 aliphatic heterocycles. The number of ether oxygens (including phenoxy) is 1. The summed E-state index contributed by atoms with van der Waals surface area (Å²) < 4.78 is 5.01. The average molecular weight is 207 g/mol. The van der Waals surface area contributed by atoms with Crippen molar-refractivity contribution in [2.75, 3.05) is 26.3 Å². The molecule has 8 heavy (non-hydrogen) atoms. The normalized spacial score (nSPS) is 18.0. The van der Waals surface area contributed by atoms with E-state index in [-0.39, 0.29) is 36.5 Å². The van der Waals surface area contributed by atoms with Crippen LogP contribution in [0.3, 0.4) is 0 Å². The van der Waals surface area contributed by atoms with Crippen LogP contribution < -0.4 is 5.32 Å². The minimum atomic E-state index is 0. The molecule has 0 unspecified atom stereocenters. The second-order valence-electron chi connectivity index (χ2n) is 1.36. The van der Waals surface area contributed by atoms with E-state index >= 15 is 0 Å². The zero-order chi connectivity index (χ0) is 4.24. The quantitative estimate of drug-likeness (QED) is 0.546. The van der Waals surface area contributed by atoms with Crippen LogP contribution in [0.15, 0.2) is 0 Å². The zero-order valence-corrected chi connectivity index (χ0v) is 8.97. The minimum absolute atomic E-state index is 0. The maximum Gasteiger partial charge on any atom is 0.0591 e. The van der Waals surface area contributed by atoms with Crippen LogP contribution in [0.4, 0.5) is 0 Å². The summed E-state index contributed by atoms with van der Waals surface area (Å²) >= 11 is 0. The molecule has 1 heterocycles. The van der Waals surface area contributed by atoms with E-state index in [2.05, 4.69) is 5.32 Å². The molecule has 0 aromatic carbocycles. The maximum atomic E-state index is 5.01. The molecular formula is C4H9MnNOZn. The van der Waals surface area contributed by atoms with Gasteiger partial charge in [-0.2, -0.15) is 0 Å². The summed E-state index contributed by atoms with van der Waals surface area (Å²) in [6.45, 7) is 3.83. The van der Waals surface area contributed by atoms with E-state index in [1.807, 2.05) is 0 Å². The topological polar surface area (TPSA) is 21.3 Å². The van der Waals surface area contributed by atoms with Gasteiger partial charge < -0.3 is 10.1 Å². The van der Waals surface area contributed by atoms with Gasteiger partial charge in [-0.1, -0.05) is 0 Å². The van der Waals surface area contributed by atoms with E-state index in [1.54, 1.807) is 0 Å². The third-order valence-electron chi connectivity index (χ3n) is 0.846. The fraction of sp³-hybridized carbons (Fsp3) is 1.00. The molecule has 0 bridgehead atoms. The SMILES string of the molecule is C1COCCN1.[Mn].[Zn]. The number of hydrogen-bond donors (Lipinski definition) is 1. The average Bonchev–Trinajstić information content (AvgIpc) is 1.72. The first-order valence-electron chi connectivity index (χ1n) is 2.28. The summed E-state index contributed by atoms with van der Waals surface area (Å²) in [7, 11) is 0. The van der Waals surface area contributed by atoms with Gasteiger partial charge in [-0.15, -0.1) is 0 Å². The largest absolute Gasteiger partial charge is 0.379 e. The van der Waals surface area contributed by atoms with Crippen molar-refractivity contribution in [1.29, 1.82) is 0 Å². The predicted molar refractivity (Wildman–Crippen MR) is 23.7 cm³/mol. The summed E-state index contributed by atoms with van der Waals surface area (Å²) in [5, 5.41) is 3.16. The van der Waals surface area contributed by atoms with Crippen LogP contribution in [-0.2, 0) is 41.3 Å². The zero-order valence-electron chi connectivity index (χ0n) is 4.82. The van der Waals surface area contributed by atoms with Gasteiger partial charge in [0.05, 0.1) is 13.2 Å². The van der Waals surface area contributed by atoms with Crippen molar-refractivity contribution in [3.8, 4) is 0 Å². The molecule has 0 atom stereocenters. The van der Waals surface area contributed by atoms with Gasteiger partial charge in [-0.25, -0.2) is 0 Å². The molecule has 1 radical (unpaired) electrons. The Labute approximate surface area is 73.0 Å². The Bertz CT molecular complexity index is 31.5. The number of rotatable bonds is 0. The fourth-order valence-corrected chi connectivity index (χ4v) is 0.516. The Morgan fingerprint density at radius 2 is 1.62 bits per heavy atom. The summed E-state index contributed by atoms with van der Waals surface area (Å²) in [5.41, 5.74) is 0. The Balaban J connectivity index is 0. The minimum Gasteiger partial charge on any atom is -0.379 e. The van der Waals surface area contributed by atoms with Crippen molar-refractivity contribution in [3.63, 3.8) is 0 Å². The van der Waals surface area contributed by atoms with Gasteiger partial charge in [0.15, 0.2) is 0 Å². The molecule has 1 N–H and O–H groups in total. The molecule has 0 amide bonds. The van der Waals surface area contributed by atoms with Crippen molar-refractivity contribution in [2.45, 2.75) is 0 Å². The summed E-state index contributed by atoms with van der Waals surface area (Å²) in [6, 6.07) is 0. The van der Waals surface area contributed by atoms with Crippen LogP contribution in [-0.4, -0.2) is 26.3 Å². The molecule has 0 saturated carbocycles. The molecule has 2 nitrogen and oxygen atoms in total.